The van der Waals surface area contributed by atoms with Crippen LogP contribution in [-0.4, -0.2) is 48.4 Å². The zero-order valence-electron chi connectivity index (χ0n) is 20.2. The lowest BCUT2D eigenvalue weighted by Gasteiger charge is -2.28. The van der Waals surface area contributed by atoms with Crippen molar-refractivity contribution in [1.29, 1.82) is 0 Å². The molecule has 2 aliphatic rings. The van der Waals surface area contributed by atoms with Crippen LogP contribution in [0.2, 0.25) is 0 Å². The summed E-state index contributed by atoms with van der Waals surface area (Å²) in [6.45, 7) is 3.02. The van der Waals surface area contributed by atoms with Gasteiger partial charge in [-0.05, 0) is 53.8 Å². The van der Waals surface area contributed by atoms with Crippen LogP contribution in [0.4, 0.5) is 5.00 Å². The lowest BCUT2D eigenvalue weighted by Crippen LogP contribution is -2.35. The van der Waals surface area contributed by atoms with Crippen LogP contribution in [0.1, 0.15) is 49.2 Å². The second-order valence-corrected chi connectivity index (χ2v) is 12.1. The van der Waals surface area contributed by atoms with E-state index in [-0.39, 0.29) is 21.9 Å². The second kappa shape index (κ2) is 9.73. The van der Waals surface area contributed by atoms with Crippen LogP contribution in [0.25, 0.3) is 0 Å². The van der Waals surface area contributed by atoms with Crippen LogP contribution in [-0.2, 0) is 40.7 Å². The first kappa shape index (κ1) is 25.1. The van der Waals surface area contributed by atoms with Crippen molar-refractivity contribution < 1.29 is 22.8 Å². The summed E-state index contributed by atoms with van der Waals surface area (Å²) >= 11 is 1.23. The number of carbonyl (C=O) groups excluding carboxylic acids is 3. The van der Waals surface area contributed by atoms with E-state index in [2.05, 4.69) is 5.32 Å². The van der Waals surface area contributed by atoms with Gasteiger partial charge in [0, 0.05) is 37.0 Å². The Kier molecular flexibility index (Phi) is 6.61. The number of thiophene rings is 1. The zero-order chi connectivity index (χ0) is 26.3. The maximum Gasteiger partial charge on any atom is 0.256 e. The van der Waals surface area contributed by atoms with Gasteiger partial charge in [-0.25, -0.2) is 8.42 Å². The first-order valence-corrected chi connectivity index (χ1v) is 14.1. The lowest BCUT2D eigenvalue weighted by atomic mass is 10.0. The molecule has 2 aliphatic heterocycles. The predicted octanol–water partition coefficient (Wildman–Crippen LogP) is 2.75. The molecule has 11 heteroatoms. The van der Waals surface area contributed by atoms with Crippen molar-refractivity contribution in [2.24, 2.45) is 5.73 Å². The molecule has 2 aromatic carbocycles. The standard InChI is InChI=1S/C26H26N4O5S2/c1-16(31)29-12-11-21-22(15-29)36-26(23(21)24(27)32)28-25(33)18-6-8-20(9-7-18)37(34,35)30-13-10-17-4-2-3-5-19(17)14-30/h2-9H,10-15H2,1H3,(H2,27,32)(H,28,33). The van der Waals surface area contributed by atoms with Crippen molar-refractivity contribution in [1.82, 2.24) is 9.21 Å². The predicted molar refractivity (Wildman–Crippen MR) is 140 cm³/mol. The highest BCUT2D eigenvalue weighted by molar-refractivity contribution is 7.89. The zero-order valence-corrected chi connectivity index (χ0v) is 21.8. The van der Waals surface area contributed by atoms with Crippen molar-refractivity contribution in [3.8, 4) is 0 Å². The van der Waals surface area contributed by atoms with E-state index in [0.717, 1.165) is 21.6 Å². The lowest BCUT2D eigenvalue weighted by molar-refractivity contribution is -0.129. The topological polar surface area (TPSA) is 130 Å². The van der Waals surface area contributed by atoms with Gasteiger partial charge in [-0.3, -0.25) is 14.4 Å². The highest BCUT2D eigenvalue weighted by atomic mass is 32.2. The Bertz CT molecular complexity index is 1510. The maximum absolute atomic E-state index is 13.2. The summed E-state index contributed by atoms with van der Waals surface area (Å²) in [5, 5.41) is 3.09. The fraction of sp³-hybridized carbons (Fsp3) is 0.269. The van der Waals surface area contributed by atoms with Crippen molar-refractivity contribution in [3.63, 3.8) is 0 Å². The minimum absolute atomic E-state index is 0.0611. The molecular weight excluding hydrogens is 512 g/mol. The molecule has 1 aromatic heterocycles. The van der Waals surface area contributed by atoms with E-state index in [1.165, 1.54) is 46.8 Å². The SMILES string of the molecule is CC(=O)N1CCc2c(sc(NC(=O)c3ccc(S(=O)(=O)N4CCc5ccccc5C4)cc3)c2C(N)=O)C1. The number of primary amides is 1. The Hall–Kier alpha value is -3.54. The normalized spacial score (nSPS) is 15.5. The highest BCUT2D eigenvalue weighted by Gasteiger charge is 2.30. The first-order valence-electron chi connectivity index (χ1n) is 11.8. The number of carbonyl (C=O) groups is 3. The van der Waals surface area contributed by atoms with Crippen LogP contribution in [0.3, 0.4) is 0 Å². The number of benzene rings is 2. The van der Waals surface area contributed by atoms with Crippen molar-refractivity contribution >= 4 is 44.1 Å². The van der Waals surface area contributed by atoms with Gasteiger partial charge in [-0.2, -0.15) is 4.31 Å². The van der Waals surface area contributed by atoms with E-state index < -0.39 is 21.8 Å². The maximum atomic E-state index is 13.2. The minimum Gasteiger partial charge on any atom is -0.365 e. The molecule has 0 fully saturated rings. The highest BCUT2D eigenvalue weighted by Crippen LogP contribution is 2.37. The number of nitrogens with two attached hydrogens (primary N) is 1. The molecule has 0 saturated carbocycles. The van der Waals surface area contributed by atoms with E-state index in [9.17, 15) is 22.8 Å². The van der Waals surface area contributed by atoms with Crippen molar-refractivity contribution in [2.45, 2.75) is 37.8 Å². The minimum atomic E-state index is -3.73. The number of hydrogen-bond donors (Lipinski definition) is 2. The van der Waals surface area contributed by atoms with Gasteiger partial charge in [0.2, 0.25) is 15.9 Å². The van der Waals surface area contributed by atoms with E-state index >= 15 is 0 Å². The van der Waals surface area contributed by atoms with Gasteiger partial charge in [0.15, 0.2) is 0 Å². The molecule has 3 N–H and O–H groups in total. The number of hydrogen-bond acceptors (Lipinski definition) is 6. The molecule has 37 heavy (non-hydrogen) atoms. The van der Waals surface area contributed by atoms with E-state index in [1.54, 1.807) is 4.90 Å². The monoisotopic (exact) mass is 538 g/mol. The molecule has 0 atom stereocenters. The summed E-state index contributed by atoms with van der Waals surface area (Å²) in [7, 11) is -3.73. The molecule has 5 rings (SSSR count). The van der Waals surface area contributed by atoms with Crippen molar-refractivity contribution in [3.05, 3.63) is 81.2 Å². The third-order valence-electron chi connectivity index (χ3n) is 6.83. The fourth-order valence-corrected chi connectivity index (χ4v) is 7.48. The van der Waals surface area contributed by atoms with Gasteiger partial charge in [0.25, 0.3) is 11.8 Å². The number of amides is 3. The molecule has 0 saturated heterocycles. The van der Waals surface area contributed by atoms with Gasteiger partial charge >= 0.3 is 0 Å². The molecular formula is C26H26N4O5S2. The molecule has 3 aromatic rings. The number of nitrogens with zero attached hydrogens (tertiary/aromatic N) is 2. The summed E-state index contributed by atoms with van der Waals surface area (Å²) in [6.07, 6.45) is 1.13. The number of nitrogens with one attached hydrogen (secondary N) is 1. The smallest absolute Gasteiger partial charge is 0.256 e. The van der Waals surface area contributed by atoms with Gasteiger partial charge in [-0.1, -0.05) is 24.3 Å². The van der Waals surface area contributed by atoms with Gasteiger partial charge in [0.05, 0.1) is 17.0 Å². The van der Waals surface area contributed by atoms with Crippen LogP contribution in [0, 0.1) is 0 Å². The summed E-state index contributed by atoms with van der Waals surface area (Å²) in [6, 6.07) is 13.5. The quantitative estimate of drug-likeness (QED) is 0.516. The Morgan fingerprint density at radius 2 is 1.65 bits per heavy atom. The average molecular weight is 539 g/mol. The average Bonchev–Trinajstić information content (AvgIpc) is 3.25. The molecule has 0 aliphatic carbocycles. The van der Waals surface area contributed by atoms with Gasteiger partial charge in [-0.15, -0.1) is 11.3 Å². The van der Waals surface area contributed by atoms with Crippen LogP contribution in [0.15, 0.2) is 53.4 Å². The Labute approximate surface area is 218 Å². The number of fused-ring (bicyclic) bond motifs is 2. The fourth-order valence-electron chi connectivity index (χ4n) is 4.80. The molecule has 0 radical (unpaired) electrons. The van der Waals surface area contributed by atoms with Crippen LogP contribution < -0.4 is 11.1 Å². The summed E-state index contributed by atoms with van der Waals surface area (Å²) in [5.74, 6) is -1.19. The summed E-state index contributed by atoms with van der Waals surface area (Å²) < 4.78 is 27.9. The number of anilines is 1. The molecule has 0 spiro atoms. The summed E-state index contributed by atoms with van der Waals surface area (Å²) in [5.41, 5.74) is 9.04. The number of sulfonamides is 1. The van der Waals surface area contributed by atoms with Crippen molar-refractivity contribution in [2.75, 3.05) is 18.4 Å². The molecule has 192 valence electrons. The largest absolute Gasteiger partial charge is 0.365 e. The second-order valence-electron chi connectivity index (χ2n) is 9.10. The third-order valence-corrected chi connectivity index (χ3v) is 9.82. The molecule has 0 unspecified atom stereocenters. The van der Waals surface area contributed by atoms with E-state index in [0.29, 0.717) is 44.0 Å². The van der Waals surface area contributed by atoms with Crippen LogP contribution in [0.5, 0.6) is 0 Å². The van der Waals surface area contributed by atoms with Crippen LogP contribution >= 0.6 is 11.3 Å². The Balaban J connectivity index is 1.34. The Morgan fingerprint density at radius 3 is 2.32 bits per heavy atom. The van der Waals surface area contributed by atoms with Gasteiger partial charge in [0.1, 0.15) is 5.00 Å². The van der Waals surface area contributed by atoms with Gasteiger partial charge < -0.3 is 16.0 Å². The third kappa shape index (κ3) is 4.77. The number of rotatable bonds is 5. The van der Waals surface area contributed by atoms with E-state index in [1.807, 2.05) is 24.3 Å². The first-order chi connectivity index (χ1) is 17.6. The molecule has 0 bridgehead atoms. The molecule has 3 heterocycles. The van der Waals surface area contributed by atoms with E-state index in [4.69, 9.17) is 5.73 Å². The Morgan fingerprint density at radius 1 is 0.946 bits per heavy atom. The summed E-state index contributed by atoms with van der Waals surface area (Å²) in [4.78, 5) is 39.6. The molecule has 3 amide bonds. The molecule has 9 nitrogen and oxygen atoms in total.